The second kappa shape index (κ2) is 12.0. The Labute approximate surface area is 297 Å². The molecule has 10 aromatic carbocycles. The number of rotatable bonds is 5. The Morgan fingerprint density at radius 3 is 1.53 bits per heavy atom. The number of hydrogen-bond donors (Lipinski definition) is 0. The Morgan fingerprint density at radius 1 is 0.255 bits per heavy atom. The minimum Gasteiger partial charge on any atom is -0.309 e. The van der Waals surface area contributed by atoms with Crippen LogP contribution >= 0.6 is 0 Å². The molecule has 0 N–H and O–H groups in total. The Hall–Kier alpha value is -6.70. The van der Waals surface area contributed by atoms with E-state index in [9.17, 15) is 0 Å². The van der Waals surface area contributed by atoms with E-state index in [1.165, 1.54) is 76.1 Å². The van der Waals surface area contributed by atoms with Crippen molar-refractivity contribution in [2.45, 2.75) is 0 Å². The molecule has 0 aliphatic carbocycles. The molecule has 0 radical (unpaired) electrons. The highest BCUT2D eigenvalue weighted by Gasteiger charge is 2.22. The molecule has 10 aromatic rings. The van der Waals surface area contributed by atoms with Crippen molar-refractivity contribution in [3.8, 4) is 22.3 Å². The largest absolute Gasteiger partial charge is 0.309 e. The van der Waals surface area contributed by atoms with Gasteiger partial charge in [0.1, 0.15) is 0 Å². The Bertz CT molecular complexity index is 2880. The fraction of sp³-hybridized carbons (Fsp3) is 0. The number of nitrogens with zero attached hydrogens (tertiary/aromatic N) is 1. The van der Waals surface area contributed by atoms with Gasteiger partial charge in [0.2, 0.25) is 0 Å². The third kappa shape index (κ3) is 4.78. The van der Waals surface area contributed by atoms with E-state index in [1.807, 2.05) is 0 Å². The first kappa shape index (κ1) is 29.2. The van der Waals surface area contributed by atoms with Crippen LogP contribution in [0.2, 0.25) is 0 Å². The number of para-hydroxylation sites is 1. The van der Waals surface area contributed by atoms with Gasteiger partial charge in [0.15, 0.2) is 0 Å². The van der Waals surface area contributed by atoms with Crippen molar-refractivity contribution in [3.63, 3.8) is 0 Å². The van der Waals surface area contributed by atoms with Gasteiger partial charge in [-0.05, 0) is 89.4 Å². The zero-order chi connectivity index (χ0) is 33.7. The molecule has 0 saturated heterocycles. The molecule has 0 fully saturated rings. The Kier molecular flexibility index (Phi) is 6.89. The predicted molar refractivity (Wildman–Crippen MR) is 220 cm³/mol. The SMILES string of the molecule is c1ccc(-c2ccc(N(c3ccc4c5ccccc5c5ccccc5c4c3)c3ccccc3-c3cccc4ccccc34)c3ccccc23)cc1. The third-order valence-corrected chi connectivity index (χ3v) is 10.4. The van der Waals surface area contributed by atoms with Crippen LogP contribution in [-0.4, -0.2) is 0 Å². The van der Waals surface area contributed by atoms with Crippen molar-refractivity contribution >= 4 is 70.9 Å². The first-order valence-electron chi connectivity index (χ1n) is 17.6. The van der Waals surface area contributed by atoms with Gasteiger partial charge < -0.3 is 4.90 Å². The van der Waals surface area contributed by atoms with Crippen LogP contribution in [0, 0.1) is 0 Å². The maximum atomic E-state index is 2.48. The summed E-state index contributed by atoms with van der Waals surface area (Å²) in [6.07, 6.45) is 0. The minimum absolute atomic E-state index is 1.12. The number of anilines is 3. The van der Waals surface area contributed by atoms with Crippen molar-refractivity contribution in [3.05, 3.63) is 200 Å². The second-order valence-corrected chi connectivity index (χ2v) is 13.2. The smallest absolute Gasteiger partial charge is 0.0540 e. The van der Waals surface area contributed by atoms with Crippen molar-refractivity contribution in [1.82, 2.24) is 0 Å². The molecular formula is C50H33N. The lowest BCUT2D eigenvalue weighted by Gasteiger charge is -2.30. The standard InChI is InChI=1S/C50H33N/c1-2-15-34(16-3-1)38-31-32-50(47-25-11-10-20-39(38)47)51(49-28-13-12-26-46(49)40-27-14-18-35-17-4-5-19-37(35)40)36-29-30-45-43-23-7-6-21-41(43)42-22-8-9-24-44(42)48(45)33-36/h1-33H. The van der Waals surface area contributed by atoms with E-state index in [-0.39, 0.29) is 0 Å². The molecular weight excluding hydrogens is 615 g/mol. The van der Waals surface area contributed by atoms with Gasteiger partial charge in [-0.15, -0.1) is 0 Å². The lowest BCUT2D eigenvalue weighted by molar-refractivity contribution is 1.30. The molecule has 238 valence electrons. The summed E-state index contributed by atoms with van der Waals surface area (Å²) in [4.78, 5) is 2.48. The van der Waals surface area contributed by atoms with Crippen LogP contribution in [0.25, 0.3) is 76.1 Å². The van der Waals surface area contributed by atoms with Crippen LogP contribution in [0.5, 0.6) is 0 Å². The van der Waals surface area contributed by atoms with Gasteiger partial charge in [-0.1, -0.05) is 176 Å². The Balaban J connectivity index is 1.30. The van der Waals surface area contributed by atoms with Gasteiger partial charge in [0, 0.05) is 16.6 Å². The summed E-state index contributed by atoms with van der Waals surface area (Å²) in [7, 11) is 0. The first-order valence-corrected chi connectivity index (χ1v) is 17.6. The van der Waals surface area contributed by atoms with Crippen molar-refractivity contribution in [2.24, 2.45) is 0 Å². The molecule has 0 atom stereocenters. The van der Waals surface area contributed by atoms with Crippen LogP contribution < -0.4 is 4.90 Å². The van der Waals surface area contributed by atoms with Crippen LogP contribution in [0.4, 0.5) is 17.1 Å². The Morgan fingerprint density at radius 2 is 0.784 bits per heavy atom. The second-order valence-electron chi connectivity index (χ2n) is 13.2. The van der Waals surface area contributed by atoms with Gasteiger partial charge in [0.05, 0.1) is 11.4 Å². The summed E-state index contributed by atoms with van der Waals surface area (Å²) in [5, 5.41) is 12.5. The summed E-state index contributed by atoms with van der Waals surface area (Å²) < 4.78 is 0. The average molecular weight is 648 g/mol. The molecule has 0 saturated carbocycles. The monoisotopic (exact) mass is 647 g/mol. The van der Waals surface area contributed by atoms with Gasteiger partial charge >= 0.3 is 0 Å². The highest BCUT2D eigenvalue weighted by Crippen LogP contribution is 2.47. The maximum Gasteiger partial charge on any atom is 0.0540 e. The fourth-order valence-corrected chi connectivity index (χ4v) is 8.15. The number of benzene rings is 10. The van der Waals surface area contributed by atoms with Crippen LogP contribution in [0.3, 0.4) is 0 Å². The molecule has 0 heterocycles. The molecule has 0 aromatic heterocycles. The van der Waals surface area contributed by atoms with Crippen LogP contribution in [0.1, 0.15) is 0 Å². The molecule has 1 heteroatoms. The zero-order valence-electron chi connectivity index (χ0n) is 28.0. The molecule has 0 aliphatic rings. The van der Waals surface area contributed by atoms with Gasteiger partial charge in [-0.3, -0.25) is 0 Å². The highest BCUT2D eigenvalue weighted by molar-refractivity contribution is 6.26. The fourth-order valence-electron chi connectivity index (χ4n) is 8.15. The molecule has 0 amide bonds. The lowest BCUT2D eigenvalue weighted by atomic mass is 9.92. The van der Waals surface area contributed by atoms with E-state index in [0.29, 0.717) is 0 Å². The topological polar surface area (TPSA) is 3.24 Å². The molecule has 0 bridgehead atoms. The highest BCUT2D eigenvalue weighted by atomic mass is 15.1. The van der Waals surface area contributed by atoms with E-state index in [2.05, 4.69) is 205 Å². The van der Waals surface area contributed by atoms with E-state index in [0.717, 1.165) is 17.1 Å². The number of hydrogen-bond acceptors (Lipinski definition) is 1. The van der Waals surface area contributed by atoms with E-state index < -0.39 is 0 Å². The molecule has 1 nitrogen and oxygen atoms in total. The average Bonchev–Trinajstić information content (AvgIpc) is 3.21. The summed E-state index contributed by atoms with van der Waals surface area (Å²) in [5.74, 6) is 0. The summed E-state index contributed by atoms with van der Waals surface area (Å²) in [6, 6.07) is 73.1. The summed E-state index contributed by atoms with van der Waals surface area (Å²) in [5.41, 5.74) is 8.25. The lowest BCUT2D eigenvalue weighted by Crippen LogP contribution is -2.12. The molecule has 10 rings (SSSR count). The minimum atomic E-state index is 1.12. The molecule has 0 spiro atoms. The van der Waals surface area contributed by atoms with Crippen molar-refractivity contribution < 1.29 is 0 Å². The van der Waals surface area contributed by atoms with E-state index in [1.54, 1.807) is 0 Å². The van der Waals surface area contributed by atoms with Crippen LogP contribution in [-0.2, 0) is 0 Å². The molecule has 51 heavy (non-hydrogen) atoms. The summed E-state index contributed by atoms with van der Waals surface area (Å²) >= 11 is 0. The quantitative estimate of drug-likeness (QED) is 0.168. The number of fused-ring (bicyclic) bond motifs is 8. The van der Waals surface area contributed by atoms with E-state index in [4.69, 9.17) is 0 Å². The van der Waals surface area contributed by atoms with E-state index >= 15 is 0 Å². The molecule has 0 unspecified atom stereocenters. The van der Waals surface area contributed by atoms with Gasteiger partial charge in [-0.25, -0.2) is 0 Å². The van der Waals surface area contributed by atoms with Crippen molar-refractivity contribution in [1.29, 1.82) is 0 Å². The van der Waals surface area contributed by atoms with Gasteiger partial charge in [0.25, 0.3) is 0 Å². The zero-order valence-corrected chi connectivity index (χ0v) is 28.0. The summed E-state index contributed by atoms with van der Waals surface area (Å²) in [6.45, 7) is 0. The maximum absolute atomic E-state index is 2.48. The van der Waals surface area contributed by atoms with Crippen molar-refractivity contribution in [2.75, 3.05) is 4.90 Å². The van der Waals surface area contributed by atoms with Gasteiger partial charge in [-0.2, -0.15) is 0 Å². The normalized spacial score (nSPS) is 11.5. The predicted octanol–water partition coefficient (Wildman–Crippen LogP) is 14.3. The molecule has 0 aliphatic heterocycles. The third-order valence-electron chi connectivity index (χ3n) is 10.4. The van der Waals surface area contributed by atoms with Crippen LogP contribution in [0.15, 0.2) is 200 Å². The first-order chi connectivity index (χ1) is 25.3.